The molecule has 0 saturated heterocycles. The van der Waals surface area contributed by atoms with E-state index >= 15 is 0 Å². The van der Waals surface area contributed by atoms with Gasteiger partial charge in [-0.3, -0.25) is 0 Å². The van der Waals surface area contributed by atoms with Gasteiger partial charge < -0.3 is 10.1 Å². The van der Waals surface area contributed by atoms with Gasteiger partial charge in [0.05, 0.1) is 0 Å². The van der Waals surface area contributed by atoms with E-state index in [0.29, 0.717) is 8.94 Å². The zero-order chi connectivity index (χ0) is 11.6. The van der Waals surface area contributed by atoms with Crippen LogP contribution in [0.2, 0.25) is 4.34 Å². The van der Waals surface area contributed by atoms with Gasteiger partial charge in [-0.05, 0) is 36.7 Å². The van der Waals surface area contributed by atoms with Gasteiger partial charge in [0.1, 0.15) is 8.94 Å². The molecule has 1 amide bonds. The first-order chi connectivity index (χ1) is 6.78. The van der Waals surface area contributed by atoms with Gasteiger partial charge in [-0.15, -0.1) is 0 Å². The molecule has 4 nitrogen and oxygen atoms in total. The molecule has 0 aliphatic carbocycles. The maximum atomic E-state index is 11.3. The lowest BCUT2D eigenvalue weighted by molar-refractivity contribution is 0.190. The number of nitrogens with one attached hydrogen (secondary N) is 1. The van der Waals surface area contributed by atoms with Crippen LogP contribution in [0.4, 0.5) is 4.79 Å². The van der Waals surface area contributed by atoms with Crippen molar-refractivity contribution >= 4 is 45.0 Å². The molecule has 0 spiro atoms. The van der Waals surface area contributed by atoms with Crippen molar-refractivity contribution in [3.8, 4) is 5.19 Å². The van der Waals surface area contributed by atoms with E-state index in [4.69, 9.17) is 16.3 Å². The van der Waals surface area contributed by atoms with Gasteiger partial charge in [0.15, 0.2) is 0 Å². The number of hydrogen-bond acceptors (Lipinski definition) is 4. The topological polar surface area (TPSA) is 51.2 Å². The fraction of sp³-hybridized carbons (Fsp3) is 0.500. The number of carbonyl (C=O) groups excluding carboxylic acids is 1. The van der Waals surface area contributed by atoms with Crippen LogP contribution in [0.15, 0.2) is 4.60 Å². The molecule has 0 saturated carbocycles. The van der Waals surface area contributed by atoms with E-state index in [0.717, 1.165) is 11.3 Å². The first kappa shape index (κ1) is 12.7. The summed E-state index contributed by atoms with van der Waals surface area (Å²) in [5.74, 6) is 0. The molecule has 0 bridgehead atoms. The van der Waals surface area contributed by atoms with Crippen molar-refractivity contribution in [3.63, 3.8) is 0 Å². The van der Waals surface area contributed by atoms with E-state index < -0.39 is 6.09 Å². The molecule has 0 aromatic carbocycles. The average Bonchev–Trinajstić information content (AvgIpc) is 2.26. The Morgan fingerprint density at radius 3 is 2.60 bits per heavy atom. The van der Waals surface area contributed by atoms with Crippen molar-refractivity contribution in [2.24, 2.45) is 0 Å². The van der Waals surface area contributed by atoms with Crippen molar-refractivity contribution in [3.05, 3.63) is 8.94 Å². The fourth-order valence-corrected chi connectivity index (χ4v) is 2.02. The minimum Gasteiger partial charge on any atom is -0.381 e. The average molecular weight is 314 g/mol. The highest BCUT2D eigenvalue weighted by Crippen LogP contribution is 2.33. The summed E-state index contributed by atoms with van der Waals surface area (Å²) < 4.78 is 5.87. The summed E-state index contributed by atoms with van der Waals surface area (Å²) in [6, 6.07) is 0. The molecule has 0 unspecified atom stereocenters. The third-order valence-corrected chi connectivity index (χ3v) is 3.38. The zero-order valence-electron chi connectivity index (χ0n) is 8.43. The van der Waals surface area contributed by atoms with Crippen LogP contribution in [0.3, 0.4) is 0 Å². The highest BCUT2D eigenvalue weighted by molar-refractivity contribution is 9.10. The first-order valence-corrected chi connectivity index (χ1v) is 6.08. The van der Waals surface area contributed by atoms with E-state index in [-0.39, 0.29) is 10.7 Å². The predicted octanol–water partition coefficient (Wildman–Crippen LogP) is 3.45. The summed E-state index contributed by atoms with van der Waals surface area (Å²) in [4.78, 5) is 15.2. The molecule has 1 aromatic heterocycles. The van der Waals surface area contributed by atoms with E-state index in [1.165, 1.54) is 0 Å². The molecule has 84 valence electrons. The Hall–Kier alpha value is -0.330. The van der Waals surface area contributed by atoms with E-state index in [9.17, 15) is 4.79 Å². The number of hydrogen-bond donors (Lipinski definition) is 1. The number of halogens is 2. The first-order valence-electron chi connectivity index (χ1n) is 4.10. The molecule has 1 heterocycles. The number of amides is 1. The van der Waals surface area contributed by atoms with Gasteiger partial charge in [-0.25, -0.2) is 4.79 Å². The van der Waals surface area contributed by atoms with E-state index in [2.05, 4.69) is 26.2 Å². The maximum absolute atomic E-state index is 11.3. The second kappa shape index (κ2) is 4.67. The van der Waals surface area contributed by atoms with Crippen molar-refractivity contribution in [1.29, 1.82) is 0 Å². The summed E-state index contributed by atoms with van der Waals surface area (Å²) in [5.41, 5.74) is -0.338. The quantitative estimate of drug-likeness (QED) is 0.864. The Morgan fingerprint density at radius 1 is 1.60 bits per heavy atom. The Balaban J connectivity index is 2.59. The second-order valence-corrected chi connectivity index (χ2v) is 6.12. The largest absolute Gasteiger partial charge is 0.414 e. The summed E-state index contributed by atoms with van der Waals surface area (Å²) >= 11 is 9.96. The Labute approximate surface area is 105 Å². The standard InChI is InChI=1S/C8H10BrClN2O2S/c1-8(2,3)12-6(13)14-7-11-4(9)5(10)15-7/h1-3H3,(H,12,13). The van der Waals surface area contributed by atoms with Crippen LogP contribution in [0, 0.1) is 0 Å². The predicted molar refractivity (Wildman–Crippen MR) is 63.7 cm³/mol. The molecule has 0 aliphatic heterocycles. The number of ether oxygens (including phenoxy) is 1. The van der Waals surface area contributed by atoms with Gasteiger partial charge in [0.2, 0.25) is 0 Å². The number of thiazole rings is 1. The summed E-state index contributed by atoms with van der Waals surface area (Å²) in [5, 5.41) is 2.86. The highest BCUT2D eigenvalue weighted by atomic mass is 79.9. The molecule has 0 radical (unpaired) electrons. The van der Waals surface area contributed by atoms with Gasteiger partial charge >= 0.3 is 6.09 Å². The number of rotatable bonds is 1. The number of carbonyl (C=O) groups is 1. The molecule has 0 aliphatic rings. The van der Waals surface area contributed by atoms with Crippen molar-refractivity contribution in [2.75, 3.05) is 0 Å². The molecule has 7 heteroatoms. The van der Waals surface area contributed by atoms with Gasteiger partial charge in [0.25, 0.3) is 5.19 Å². The molecular formula is C8H10BrClN2O2S. The molecule has 1 N–H and O–H groups in total. The number of nitrogens with zero attached hydrogens (tertiary/aromatic N) is 1. The summed E-state index contributed by atoms with van der Waals surface area (Å²) in [6.45, 7) is 5.58. The van der Waals surface area contributed by atoms with Crippen LogP contribution >= 0.6 is 38.9 Å². The summed E-state index contributed by atoms with van der Waals surface area (Å²) in [6.07, 6.45) is -0.541. The van der Waals surface area contributed by atoms with Crippen LogP contribution in [0.1, 0.15) is 20.8 Å². The molecule has 1 rings (SSSR count). The van der Waals surface area contributed by atoms with E-state index in [1.807, 2.05) is 20.8 Å². The fourth-order valence-electron chi connectivity index (χ4n) is 0.720. The van der Waals surface area contributed by atoms with Crippen LogP contribution in [0.5, 0.6) is 5.19 Å². The second-order valence-electron chi connectivity index (χ2n) is 3.81. The van der Waals surface area contributed by atoms with Gasteiger partial charge in [-0.2, -0.15) is 4.98 Å². The molecule has 15 heavy (non-hydrogen) atoms. The van der Waals surface area contributed by atoms with Crippen molar-refractivity contribution in [1.82, 2.24) is 10.3 Å². The van der Waals surface area contributed by atoms with Gasteiger partial charge in [-0.1, -0.05) is 22.9 Å². The highest BCUT2D eigenvalue weighted by Gasteiger charge is 2.17. The van der Waals surface area contributed by atoms with Crippen LogP contribution in [-0.4, -0.2) is 16.6 Å². The normalized spacial score (nSPS) is 11.3. The molecule has 0 fully saturated rings. The van der Waals surface area contributed by atoms with Crippen molar-refractivity contribution in [2.45, 2.75) is 26.3 Å². The molecule has 0 atom stereocenters. The summed E-state index contributed by atoms with van der Waals surface area (Å²) in [7, 11) is 0. The smallest absolute Gasteiger partial charge is 0.381 e. The third kappa shape index (κ3) is 4.36. The Morgan fingerprint density at radius 2 is 2.20 bits per heavy atom. The third-order valence-electron chi connectivity index (χ3n) is 1.19. The lowest BCUT2D eigenvalue weighted by Gasteiger charge is -2.18. The van der Waals surface area contributed by atoms with Crippen LogP contribution < -0.4 is 10.1 Å². The van der Waals surface area contributed by atoms with Gasteiger partial charge in [0, 0.05) is 5.54 Å². The Kier molecular flexibility index (Phi) is 3.97. The zero-order valence-corrected chi connectivity index (χ0v) is 11.6. The van der Waals surface area contributed by atoms with Crippen LogP contribution in [0.25, 0.3) is 0 Å². The SMILES string of the molecule is CC(C)(C)NC(=O)Oc1nc(Br)c(Cl)s1. The Bertz CT molecular complexity index is 356. The van der Waals surface area contributed by atoms with Crippen LogP contribution in [-0.2, 0) is 0 Å². The molecule has 1 aromatic rings. The van der Waals surface area contributed by atoms with Crippen molar-refractivity contribution < 1.29 is 9.53 Å². The lowest BCUT2D eigenvalue weighted by atomic mass is 10.1. The minimum atomic E-state index is -0.541. The van der Waals surface area contributed by atoms with E-state index in [1.54, 1.807) is 0 Å². The monoisotopic (exact) mass is 312 g/mol. The maximum Gasteiger partial charge on any atom is 0.414 e. The molecular weight excluding hydrogens is 304 g/mol. The minimum absolute atomic E-state index is 0.216. The lowest BCUT2D eigenvalue weighted by Crippen LogP contribution is -2.42. The number of aromatic nitrogens is 1.